The predicted molar refractivity (Wildman–Crippen MR) is 99.4 cm³/mol. The summed E-state index contributed by atoms with van der Waals surface area (Å²) in [5.74, 6) is -0.342. The summed E-state index contributed by atoms with van der Waals surface area (Å²) in [7, 11) is 0. The van der Waals surface area contributed by atoms with E-state index < -0.39 is 0 Å². The SMILES string of the molecule is O=C1S/C(=C/c2ccc(Cl)cc2)C(=O)N1Cc1ccc(Cl)cc1Cl. The molecule has 0 N–H and O–H groups in total. The zero-order chi connectivity index (χ0) is 17.3. The smallest absolute Gasteiger partial charge is 0.268 e. The molecule has 1 saturated heterocycles. The largest absolute Gasteiger partial charge is 0.293 e. The molecule has 2 aromatic carbocycles. The lowest BCUT2D eigenvalue weighted by Crippen LogP contribution is -2.27. The lowest BCUT2D eigenvalue weighted by Gasteiger charge is -2.13. The Hall–Kier alpha value is -1.46. The first kappa shape index (κ1) is 17.4. The van der Waals surface area contributed by atoms with Crippen LogP contribution in [-0.2, 0) is 11.3 Å². The third-order valence-electron chi connectivity index (χ3n) is 3.38. The molecule has 1 heterocycles. The minimum atomic E-state index is -0.342. The van der Waals surface area contributed by atoms with E-state index in [9.17, 15) is 9.59 Å². The first-order valence-corrected chi connectivity index (χ1v) is 8.84. The van der Waals surface area contributed by atoms with Crippen molar-refractivity contribution in [3.63, 3.8) is 0 Å². The summed E-state index contributed by atoms with van der Waals surface area (Å²) in [5, 5.41) is 1.20. The quantitative estimate of drug-likeness (QED) is 0.606. The topological polar surface area (TPSA) is 37.4 Å². The fourth-order valence-corrected chi connectivity index (χ4v) is 3.60. The number of carbonyl (C=O) groups excluding carboxylic acids is 2. The number of thioether (sulfide) groups is 1. The molecule has 2 aromatic rings. The number of amides is 2. The molecular weight excluding hydrogens is 389 g/mol. The Labute approximate surface area is 158 Å². The van der Waals surface area contributed by atoms with Crippen molar-refractivity contribution in [3.8, 4) is 0 Å². The Morgan fingerprint density at radius 3 is 2.29 bits per heavy atom. The van der Waals surface area contributed by atoms with Gasteiger partial charge in [0.2, 0.25) is 0 Å². The van der Waals surface area contributed by atoms with Crippen LogP contribution in [0, 0.1) is 0 Å². The maximum atomic E-state index is 12.5. The van der Waals surface area contributed by atoms with Crippen molar-refractivity contribution in [1.29, 1.82) is 0 Å². The summed E-state index contributed by atoms with van der Waals surface area (Å²) < 4.78 is 0. The third-order valence-corrected chi connectivity index (χ3v) is 5.13. The summed E-state index contributed by atoms with van der Waals surface area (Å²) in [6.07, 6.45) is 1.67. The van der Waals surface area contributed by atoms with E-state index in [-0.39, 0.29) is 17.7 Å². The molecular formula is C17H10Cl3NO2S. The molecule has 0 unspecified atom stereocenters. The molecule has 0 bridgehead atoms. The molecule has 1 aliphatic heterocycles. The lowest BCUT2D eigenvalue weighted by atomic mass is 10.2. The van der Waals surface area contributed by atoms with Gasteiger partial charge in [-0.05, 0) is 53.2 Å². The summed E-state index contributed by atoms with van der Waals surface area (Å²) in [6, 6.07) is 12.0. The van der Waals surface area contributed by atoms with Gasteiger partial charge in [-0.1, -0.05) is 53.0 Å². The molecule has 3 nitrogen and oxygen atoms in total. The van der Waals surface area contributed by atoms with Crippen molar-refractivity contribution in [2.75, 3.05) is 0 Å². The molecule has 7 heteroatoms. The van der Waals surface area contributed by atoms with Gasteiger partial charge in [0.05, 0.1) is 11.4 Å². The highest BCUT2D eigenvalue weighted by Gasteiger charge is 2.35. The van der Waals surface area contributed by atoms with E-state index in [4.69, 9.17) is 34.8 Å². The second kappa shape index (κ2) is 7.19. The highest BCUT2D eigenvalue weighted by atomic mass is 35.5. The number of hydrogen-bond donors (Lipinski definition) is 0. The number of hydrogen-bond acceptors (Lipinski definition) is 3. The molecule has 0 saturated carbocycles. The number of benzene rings is 2. The molecule has 0 atom stereocenters. The van der Waals surface area contributed by atoms with Crippen LogP contribution in [-0.4, -0.2) is 16.0 Å². The Morgan fingerprint density at radius 1 is 0.958 bits per heavy atom. The van der Waals surface area contributed by atoms with E-state index in [2.05, 4.69) is 0 Å². The molecule has 0 spiro atoms. The van der Waals surface area contributed by atoms with E-state index in [1.165, 1.54) is 4.90 Å². The first-order valence-electron chi connectivity index (χ1n) is 6.89. The monoisotopic (exact) mass is 397 g/mol. The number of imide groups is 1. The zero-order valence-electron chi connectivity index (χ0n) is 12.1. The van der Waals surface area contributed by atoms with E-state index in [1.54, 1.807) is 48.5 Å². The van der Waals surface area contributed by atoms with Gasteiger partial charge in [-0.25, -0.2) is 0 Å². The normalized spacial score (nSPS) is 16.3. The minimum Gasteiger partial charge on any atom is -0.268 e. The van der Waals surface area contributed by atoms with Crippen molar-refractivity contribution >= 4 is 63.8 Å². The van der Waals surface area contributed by atoms with Crippen molar-refractivity contribution in [1.82, 2.24) is 4.90 Å². The van der Waals surface area contributed by atoms with Gasteiger partial charge < -0.3 is 0 Å². The number of carbonyl (C=O) groups is 2. The van der Waals surface area contributed by atoms with Gasteiger partial charge >= 0.3 is 0 Å². The predicted octanol–water partition coefficient (Wildman–Crippen LogP) is 5.88. The van der Waals surface area contributed by atoms with Crippen LogP contribution in [0.4, 0.5) is 4.79 Å². The summed E-state index contributed by atoms with van der Waals surface area (Å²) in [5.41, 5.74) is 1.46. The van der Waals surface area contributed by atoms with E-state index in [0.717, 1.165) is 17.3 Å². The second-order valence-corrected chi connectivity index (χ2v) is 7.33. The van der Waals surface area contributed by atoms with E-state index in [0.29, 0.717) is 25.5 Å². The standard InChI is InChI=1S/C17H10Cl3NO2S/c18-12-4-1-10(2-5-12)7-15-16(22)21(17(23)24-15)9-11-3-6-13(19)8-14(11)20/h1-8H,9H2/b15-7+. The van der Waals surface area contributed by atoms with Crippen LogP contribution in [0.15, 0.2) is 47.4 Å². The highest BCUT2D eigenvalue weighted by Crippen LogP contribution is 2.34. The molecule has 0 aromatic heterocycles. The average molecular weight is 399 g/mol. The van der Waals surface area contributed by atoms with Crippen LogP contribution in [0.25, 0.3) is 6.08 Å². The van der Waals surface area contributed by atoms with Crippen LogP contribution >= 0.6 is 46.6 Å². The van der Waals surface area contributed by atoms with E-state index >= 15 is 0 Å². The van der Waals surface area contributed by atoms with Gasteiger partial charge in [0.1, 0.15) is 0 Å². The van der Waals surface area contributed by atoms with Crippen molar-refractivity contribution in [2.24, 2.45) is 0 Å². The zero-order valence-corrected chi connectivity index (χ0v) is 15.2. The highest BCUT2D eigenvalue weighted by molar-refractivity contribution is 8.18. The van der Waals surface area contributed by atoms with Gasteiger partial charge in [-0.15, -0.1) is 0 Å². The van der Waals surface area contributed by atoms with Gasteiger partial charge in [-0.2, -0.15) is 0 Å². The Kier molecular flexibility index (Phi) is 5.21. The molecule has 2 amide bonds. The van der Waals surface area contributed by atoms with Gasteiger partial charge in [0.25, 0.3) is 11.1 Å². The molecule has 0 aliphatic carbocycles. The van der Waals surface area contributed by atoms with Crippen LogP contribution in [0.3, 0.4) is 0 Å². The number of rotatable bonds is 3. The fraction of sp³-hybridized carbons (Fsp3) is 0.0588. The van der Waals surface area contributed by atoms with Crippen LogP contribution in [0.1, 0.15) is 11.1 Å². The van der Waals surface area contributed by atoms with Crippen molar-refractivity contribution in [2.45, 2.75) is 6.54 Å². The Bertz CT molecular complexity index is 849. The Balaban J connectivity index is 1.82. The maximum Gasteiger partial charge on any atom is 0.293 e. The van der Waals surface area contributed by atoms with Crippen LogP contribution in [0.5, 0.6) is 0 Å². The van der Waals surface area contributed by atoms with Crippen molar-refractivity contribution in [3.05, 3.63) is 73.6 Å². The lowest BCUT2D eigenvalue weighted by molar-refractivity contribution is -0.123. The third kappa shape index (κ3) is 3.78. The van der Waals surface area contributed by atoms with Gasteiger partial charge in [0, 0.05) is 15.1 Å². The van der Waals surface area contributed by atoms with Gasteiger partial charge in [0.15, 0.2) is 0 Å². The molecule has 3 rings (SSSR count). The molecule has 0 radical (unpaired) electrons. The Morgan fingerprint density at radius 2 is 1.62 bits per heavy atom. The number of halogens is 3. The van der Waals surface area contributed by atoms with Crippen molar-refractivity contribution < 1.29 is 9.59 Å². The average Bonchev–Trinajstić information content (AvgIpc) is 2.79. The number of nitrogens with zero attached hydrogens (tertiary/aromatic N) is 1. The molecule has 24 heavy (non-hydrogen) atoms. The fourth-order valence-electron chi connectivity index (χ4n) is 2.17. The maximum absolute atomic E-state index is 12.5. The van der Waals surface area contributed by atoms with Gasteiger partial charge in [-0.3, -0.25) is 14.5 Å². The first-order chi connectivity index (χ1) is 11.4. The molecule has 1 aliphatic rings. The van der Waals surface area contributed by atoms with Crippen LogP contribution in [0.2, 0.25) is 15.1 Å². The molecule has 122 valence electrons. The minimum absolute atomic E-state index is 0.110. The second-order valence-electron chi connectivity index (χ2n) is 5.06. The van der Waals surface area contributed by atoms with E-state index in [1.807, 2.05) is 0 Å². The summed E-state index contributed by atoms with van der Waals surface area (Å²) in [4.78, 5) is 26.2. The molecule has 1 fully saturated rings. The van der Waals surface area contributed by atoms with Crippen LogP contribution < -0.4 is 0 Å². The summed E-state index contributed by atoms with van der Waals surface area (Å²) >= 11 is 18.7. The summed E-state index contributed by atoms with van der Waals surface area (Å²) in [6.45, 7) is 0.110.